The zero-order valence-electron chi connectivity index (χ0n) is 13.8. The maximum atomic E-state index is 12.9. The summed E-state index contributed by atoms with van der Waals surface area (Å²) in [6.45, 7) is 9.49. The first-order chi connectivity index (χ1) is 10.1. The first kappa shape index (κ1) is 15.9. The summed E-state index contributed by atoms with van der Waals surface area (Å²) < 4.78 is 0. The van der Waals surface area contributed by atoms with Crippen LogP contribution in [0.3, 0.4) is 0 Å². The molecule has 0 saturated carbocycles. The number of benzene rings is 1. The largest absolute Gasteiger partial charge is 0.385 e. The number of carbonyl (C=O) groups excluding carboxylic acids is 1. The molecule has 0 radical (unpaired) electrons. The molecule has 1 aliphatic heterocycles. The second kappa shape index (κ2) is 6.97. The second-order valence-corrected chi connectivity index (χ2v) is 6.16. The molecule has 1 heterocycles. The predicted octanol–water partition coefficient (Wildman–Crippen LogP) is 4.22. The summed E-state index contributed by atoms with van der Waals surface area (Å²) in [7, 11) is 0. The van der Waals surface area contributed by atoms with Crippen LogP contribution in [0.5, 0.6) is 0 Å². The van der Waals surface area contributed by atoms with Gasteiger partial charge in [0.25, 0.3) is 5.91 Å². The Labute approximate surface area is 128 Å². The highest BCUT2D eigenvalue weighted by Crippen LogP contribution is 2.29. The van der Waals surface area contributed by atoms with Crippen LogP contribution in [0.1, 0.15) is 62.4 Å². The summed E-state index contributed by atoms with van der Waals surface area (Å²) >= 11 is 0. The fourth-order valence-corrected chi connectivity index (χ4v) is 3.26. The lowest BCUT2D eigenvalue weighted by Crippen LogP contribution is -2.40. The Kier molecular flexibility index (Phi) is 5.27. The second-order valence-electron chi connectivity index (χ2n) is 6.16. The number of nitrogens with one attached hydrogen (secondary N) is 1. The van der Waals surface area contributed by atoms with Gasteiger partial charge in [0.05, 0.1) is 0 Å². The van der Waals surface area contributed by atoms with Crippen LogP contribution in [-0.2, 0) is 0 Å². The smallest absolute Gasteiger partial charge is 0.254 e. The average molecular weight is 288 g/mol. The predicted molar refractivity (Wildman–Crippen MR) is 88.9 cm³/mol. The van der Waals surface area contributed by atoms with Crippen molar-refractivity contribution in [1.82, 2.24) is 4.90 Å². The lowest BCUT2D eigenvalue weighted by atomic mass is 10.0. The highest BCUT2D eigenvalue weighted by molar-refractivity contribution is 5.96. The molecular weight excluding hydrogens is 260 g/mol. The fourth-order valence-electron chi connectivity index (χ4n) is 3.26. The molecule has 3 nitrogen and oxygen atoms in total. The van der Waals surface area contributed by atoms with Crippen LogP contribution >= 0.6 is 0 Å². The number of anilines is 1. The van der Waals surface area contributed by atoms with Crippen LogP contribution < -0.4 is 5.32 Å². The number of carbonyl (C=O) groups is 1. The summed E-state index contributed by atoms with van der Waals surface area (Å²) in [4.78, 5) is 15.0. The van der Waals surface area contributed by atoms with Crippen LogP contribution in [0.25, 0.3) is 0 Å². The van der Waals surface area contributed by atoms with Crippen LogP contribution in [0, 0.1) is 6.92 Å². The van der Waals surface area contributed by atoms with Gasteiger partial charge in [0, 0.05) is 29.9 Å². The number of aryl methyl sites for hydroxylation is 1. The van der Waals surface area contributed by atoms with Gasteiger partial charge in [0.15, 0.2) is 0 Å². The van der Waals surface area contributed by atoms with Gasteiger partial charge in [-0.2, -0.15) is 0 Å². The fraction of sp³-hybridized carbons (Fsp3) is 0.611. The van der Waals surface area contributed by atoms with E-state index in [0.717, 1.165) is 49.0 Å². The molecule has 1 aliphatic rings. The van der Waals surface area contributed by atoms with Crippen LogP contribution in [0.4, 0.5) is 5.69 Å². The van der Waals surface area contributed by atoms with Crippen molar-refractivity contribution in [2.75, 3.05) is 11.9 Å². The molecule has 2 atom stereocenters. The van der Waals surface area contributed by atoms with Crippen molar-refractivity contribution in [3.05, 3.63) is 29.3 Å². The van der Waals surface area contributed by atoms with Crippen LogP contribution in [-0.4, -0.2) is 29.4 Å². The van der Waals surface area contributed by atoms with Crippen molar-refractivity contribution >= 4 is 11.6 Å². The van der Waals surface area contributed by atoms with E-state index in [1.165, 1.54) is 0 Å². The van der Waals surface area contributed by atoms with Crippen LogP contribution in [0.2, 0.25) is 0 Å². The molecule has 1 saturated heterocycles. The van der Waals surface area contributed by atoms with E-state index < -0.39 is 0 Å². The third-order valence-electron chi connectivity index (χ3n) is 4.53. The minimum absolute atomic E-state index is 0.200. The summed E-state index contributed by atoms with van der Waals surface area (Å²) in [5.74, 6) is 0.200. The highest BCUT2D eigenvalue weighted by Gasteiger charge is 2.33. The van der Waals surface area contributed by atoms with E-state index in [1.807, 2.05) is 19.1 Å². The summed E-state index contributed by atoms with van der Waals surface area (Å²) in [5.41, 5.74) is 3.02. The zero-order valence-corrected chi connectivity index (χ0v) is 13.8. The van der Waals surface area contributed by atoms with Gasteiger partial charge in [-0.1, -0.05) is 13.8 Å². The van der Waals surface area contributed by atoms with Gasteiger partial charge in [0.2, 0.25) is 0 Å². The Morgan fingerprint density at radius 1 is 1.33 bits per heavy atom. The van der Waals surface area contributed by atoms with Crippen molar-refractivity contribution in [3.8, 4) is 0 Å². The lowest BCUT2D eigenvalue weighted by molar-refractivity contribution is 0.0675. The molecule has 1 aromatic carbocycles. The van der Waals surface area contributed by atoms with Gasteiger partial charge in [-0.3, -0.25) is 4.79 Å². The van der Waals surface area contributed by atoms with Gasteiger partial charge >= 0.3 is 0 Å². The van der Waals surface area contributed by atoms with Crippen molar-refractivity contribution < 1.29 is 4.79 Å². The Morgan fingerprint density at radius 2 is 2.10 bits per heavy atom. The van der Waals surface area contributed by atoms with E-state index in [2.05, 4.69) is 37.1 Å². The zero-order chi connectivity index (χ0) is 15.4. The standard InChI is InChI=1S/C18H28N2O/c1-5-11-19-15-8-10-17(13(3)12-15)18(21)20-14(4)7-9-16(20)6-2/h8,10,12,14,16,19H,5-7,9,11H2,1-4H3. The molecule has 1 fully saturated rings. The Bertz CT molecular complexity index is 498. The molecule has 1 N–H and O–H groups in total. The Balaban J connectivity index is 2.19. The van der Waals surface area contributed by atoms with E-state index in [1.54, 1.807) is 0 Å². The molecule has 1 amide bonds. The third-order valence-corrected chi connectivity index (χ3v) is 4.53. The van der Waals surface area contributed by atoms with Crippen LogP contribution in [0.15, 0.2) is 18.2 Å². The van der Waals surface area contributed by atoms with Gasteiger partial charge in [-0.15, -0.1) is 0 Å². The molecule has 116 valence electrons. The number of nitrogens with zero attached hydrogens (tertiary/aromatic N) is 1. The maximum absolute atomic E-state index is 12.9. The van der Waals surface area contributed by atoms with E-state index in [0.29, 0.717) is 12.1 Å². The summed E-state index contributed by atoms with van der Waals surface area (Å²) in [6.07, 6.45) is 4.41. The molecule has 2 rings (SSSR count). The number of rotatable bonds is 5. The average Bonchev–Trinajstić information content (AvgIpc) is 2.85. The first-order valence-electron chi connectivity index (χ1n) is 8.25. The minimum Gasteiger partial charge on any atom is -0.385 e. The summed E-state index contributed by atoms with van der Waals surface area (Å²) in [6, 6.07) is 6.86. The maximum Gasteiger partial charge on any atom is 0.254 e. The van der Waals surface area contributed by atoms with E-state index >= 15 is 0 Å². The molecule has 1 aromatic rings. The number of likely N-dealkylation sites (tertiary alicyclic amines) is 1. The number of amides is 1. The van der Waals surface area contributed by atoms with Crippen molar-refractivity contribution in [3.63, 3.8) is 0 Å². The highest BCUT2D eigenvalue weighted by atomic mass is 16.2. The minimum atomic E-state index is 0.200. The van der Waals surface area contributed by atoms with E-state index in [4.69, 9.17) is 0 Å². The van der Waals surface area contributed by atoms with Gasteiger partial charge < -0.3 is 10.2 Å². The molecule has 21 heavy (non-hydrogen) atoms. The molecule has 3 heteroatoms. The quantitative estimate of drug-likeness (QED) is 0.879. The van der Waals surface area contributed by atoms with Crippen molar-refractivity contribution in [2.24, 2.45) is 0 Å². The molecular formula is C18H28N2O. The lowest BCUT2D eigenvalue weighted by Gasteiger charge is -2.28. The topological polar surface area (TPSA) is 32.3 Å². The number of hydrogen-bond donors (Lipinski definition) is 1. The van der Waals surface area contributed by atoms with E-state index in [9.17, 15) is 4.79 Å². The molecule has 0 bridgehead atoms. The SMILES string of the molecule is CCCNc1ccc(C(=O)N2C(C)CCC2CC)c(C)c1. The summed E-state index contributed by atoms with van der Waals surface area (Å²) in [5, 5.41) is 3.37. The first-order valence-corrected chi connectivity index (χ1v) is 8.25. The van der Waals surface area contributed by atoms with Gasteiger partial charge in [-0.25, -0.2) is 0 Å². The van der Waals surface area contributed by atoms with Crippen molar-refractivity contribution in [1.29, 1.82) is 0 Å². The molecule has 0 aromatic heterocycles. The number of hydrogen-bond acceptors (Lipinski definition) is 2. The Hall–Kier alpha value is -1.51. The van der Waals surface area contributed by atoms with E-state index in [-0.39, 0.29) is 5.91 Å². The third kappa shape index (κ3) is 3.39. The normalized spacial score (nSPS) is 21.6. The van der Waals surface area contributed by atoms with Crippen molar-refractivity contribution in [2.45, 2.75) is 65.5 Å². The van der Waals surface area contributed by atoms with Gasteiger partial charge in [-0.05, 0) is 63.3 Å². The monoisotopic (exact) mass is 288 g/mol. The molecule has 2 unspecified atom stereocenters. The molecule has 0 aliphatic carbocycles. The Morgan fingerprint density at radius 3 is 2.71 bits per heavy atom. The molecule has 0 spiro atoms. The van der Waals surface area contributed by atoms with Gasteiger partial charge in [0.1, 0.15) is 0 Å².